The first-order chi connectivity index (χ1) is 11.3. The Balaban J connectivity index is 1.45. The molecule has 0 fully saturated rings. The molecule has 1 aliphatic heterocycles. The van der Waals surface area contributed by atoms with Gasteiger partial charge in [-0.15, -0.1) is 11.8 Å². The summed E-state index contributed by atoms with van der Waals surface area (Å²) in [4.78, 5) is 15.6. The van der Waals surface area contributed by atoms with E-state index in [1.165, 1.54) is 22.4 Å². The molecule has 4 rings (SSSR count). The Morgan fingerprint density at radius 2 is 2.00 bits per heavy atom. The Labute approximate surface area is 140 Å². The molecule has 1 heterocycles. The van der Waals surface area contributed by atoms with E-state index in [1.54, 1.807) is 11.8 Å². The van der Waals surface area contributed by atoms with Crippen LogP contribution in [0.4, 0.5) is 5.69 Å². The number of amides is 1. The SMILES string of the molecule is O=C(COc1ccc2c(c1)CCC2)N1CCSc2ccccc21. The molecular formula is C19H19NO2S. The van der Waals surface area contributed by atoms with Gasteiger partial charge >= 0.3 is 0 Å². The second-order valence-corrected chi connectivity index (χ2v) is 7.07. The first kappa shape index (κ1) is 14.6. The number of hydrogen-bond donors (Lipinski definition) is 0. The summed E-state index contributed by atoms with van der Waals surface area (Å²) in [6.45, 7) is 0.839. The monoisotopic (exact) mass is 325 g/mol. The lowest BCUT2D eigenvalue weighted by atomic mass is 10.1. The summed E-state index contributed by atoms with van der Waals surface area (Å²) in [6.07, 6.45) is 3.51. The van der Waals surface area contributed by atoms with E-state index in [0.717, 1.165) is 36.6 Å². The largest absolute Gasteiger partial charge is 0.484 e. The minimum atomic E-state index is 0.0262. The average Bonchev–Trinajstić information content (AvgIpc) is 3.07. The van der Waals surface area contributed by atoms with Gasteiger partial charge in [-0.05, 0) is 54.7 Å². The van der Waals surface area contributed by atoms with E-state index in [4.69, 9.17) is 4.74 Å². The van der Waals surface area contributed by atoms with E-state index in [9.17, 15) is 4.79 Å². The molecule has 0 N–H and O–H groups in total. The number of thioether (sulfide) groups is 1. The van der Waals surface area contributed by atoms with Gasteiger partial charge in [0.25, 0.3) is 5.91 Å². The van der Waals surface area contributed by atoms with Gasteiger partial charge < -0.3 is 9.64 Å². The molecule has 2 aromatic rings. The van der Waals surface area contributed by atoms with Crippen LogP contribution in [0.3, 0.4) is 0 Å². The van der Waals surface area contributed by atoms with Gasteiger partial charge in [0, 0.05) is 17.2 Å². The fourth-order valence-electron chi connectivity index (χ4n) is 3.29. The van der Waals surface area contributed by atoms with Crippen LogP contribution in [0.15, 0.2) is 47.4 Å². The molecule has 1 amide bonds. The second-order valence-electron chi connectivity index (χ2n) is 5.93. The van der Waals surface area contributed by atoms with E-state index in [1.807, 2.05) is 29.2 Å². The fourth-order valence-corrected chi connectivity index (χ4v) is 4.28. The lowest BCUT2D eigenvalue weighted by molar-refractivity contribution is -0.120. The molecule has 0 aromatic heterocycles. The van der Waals surface area contributed by atoms with Gasteiger partial charge in [0.2, 0.25) is 0 Å². The van der Waals surface area contributed by atoms with Crippen LogP contribution in [-0.2, 0) is 17.6 Å². The summed E-state index contributed by atoms with van der Waals surface area (Å²) >= 11 is 1.80. The minimum absolute atomic E-state index is 0.0262. The normalized spacial score (nSPS) is 15.9. The van der Waals surface area contributed by atoms with Gasteiger partial charge in [-0.1, -0.05) is 18.2 Å². The zero-order valence-electron chi connectivity index (χ0n) is 13.0. The molecule has 0 saturated heterocycles. The number of benzene rings is 2. The van der Waals surface area contributed by atoms with Crippen molar-refractivity contribution in [1.82, 2.24) is 0 Å². The smallest absolute Gasteiger partial charge is 0.264 e. The van der Waals surface area contributed by atoms with Gasteiger partial charge in [-0.3, -0.25) is 4.79 Å². The molecule has 4 heteroatoms. The Bertz CT molecular complexity index is 744. The molecule has 3 nitrogen and oxygen atoms in total. The lowest BCUT2D eigenvalue weighted by Crippen LogP contribution is -2.38. The Morgan fingerprint density at radius 3 is 2.96 bits per heavy atom. The molecule has 118 valence electrons. The highest BCUT2D eigenvalue weighted by molar-refractivity contribution is 7.99. The average molecular weight is 325 g/mol. The van der Waals surface area contributed by atoms with Crippen molar-refractivity contribution >= 4 is 23.4 Å². The van der Waals surface area contributed by atoms with Crippen LogP contribution in [0.2, 0.25) is 0 Å². The predicted molar refractivity (Wildman–Crippen MR) is 93.5 cm³/mol. The minimum Gasteiger partial charge on any atom is -0.484 e. The molecule has 0 bridgehead atoms. The van der Waals surface area contributed by atoms with Gasteiger partial charge in [-0.2, -0.15) is 0 Å². The van der Waals surface area contributed by atoms with E-state index in [-0.39, 0.29) is 12.5 Å². The third-order valence-electron chi connectivity index (χ3n) is 4.46. The van der Waals surface area contributed by atoms with Gasteiger partial charge in [-0.25, -0.2) is 0 Å². The summed E-state index contributed by atoms with van der Waals surface area (Å²) < 4.78 is 5.76. The second kappa shape index (κ2) is 6.28. The number of aryl methyl sites for hydroxylation is 2. The van der Waals surface area contributed by atoms with E-state index in [2.05, 4.69) is 18.2 Å². The van der Waals surface area contributed by atoms with Crippen molar-refractivity contribution in [2.45, 2.75) is 24.2 Å². The lowest BCUT2D eigenvalue weighted by Gasteiger charge is -2.28. The summed E-state index contributed by atoms with van der Waals surface area (Å²) in [5.74, 6) is 1.76. The van der Waals surface area contributed by atoms with Gasteiger partial charge in [0.1, 0.15) is 5.75 Å². The van der Waals surface area contributed by atoms with Crippen LogP contribution in [0.5, 0.6) is 5.75 Å². The number of ether oxygens (including phenoxy) is 1. The van der Waals surface area contributed by atoms with Crippen LogP contribution in [-0.4, -0.2) is 24.8 Å². The first-order valence-corrected chi connectivity index (χ1v) is 9.06. The Morgan fingerprint density at radius 1 is 1.13 bits per heavy atom. The summed E-state index contributed by atoms with van der Waals surface area (Å²) in [5.41, 5.74) is 3.80. The molecule has 23 heavy (non-hydrogen) atoms. The van der Waals surface area contributed by atoms with Crippen molar-refractivity contribution in [2.24, 2.45) is 0 Å². The molecular weight excluding hydrogens is 306 g/mol. The quantitative estimate of drug-likeness (QED) is 0.862. The van der Waals surface area contributed by atoms with Crippen LogP contribution >= 0.6 is 11.8 Å². The van der Waals surface area contributed by atoms with Crippen molar-refractivity contribution in [3.8, 4) is 5.75 Å². The van der Waals surface area contributed by atoms with Crippen molar-refractivity contribution in [3.05, 3.63) is 53.6 Å². The zero-order chi connectivity index (χ0) is 15.6. The maximum absolute atomic E-state index is 12.6. The van der Waals surface area contributed by atoms with Crippen molar-refractivity contribution in [1.29, 1.82) is 0 Å². The highest BCUT2D eigenvalue weighted by atomic mass is 32.2. The zero-order valence-corrected chi connectivity index (χ0v) is 13.8. The molecule has 0 atom stereocenters. The molecule has 0 spiro atoms. The van der Waals surface area contributed by atoms with Crippen LogP contribution < -0.4 is 9.64 Å². The maximum atomic E-state index is 12.6. The van der Waals surface area contributed by atoms with Gasteiger partial charge in [0.15, 0.2) is 6.61 Å². The maximum Gasteiger partial charge on any atom is 0.264 e. The van der Waals surface area contributed by atoms with E-state index >= 15 is 0 Å². The number of rotatable bonds is 3. The van der Waals surface area contributed by atoms with Crippen LogP contribution in [0.1, 0.15) is 17.5 Å². The summed E-state index contributed by atoms with van der Waals surface area (Å²) in [6, 6.07) is 14.3. The third kappa shape index (κ3) is 2.95. The number of nitrogens with zero attached hydrogens (tertiary/aromatic N) is 1. The van der Waals surface area contributed by atoms with Crippen molar-refractivity contribution in [3.63, 3.8) is 0 Å². The van der Waals surface area contributed by atoms with E-state index < -0.39 is 0 Å². The van der Waals surface area contributed by atoms with Gasteiger partial charge in [0.05, 0.1) is 5.69 Å². The standard InChI is InChI=1S/C19H19NO2S/c21-19(20-10-11-23-18-7-2-1-6-17(18)20)13-22-16-9-8-14-4-3-5-15(14)12-16/h1-2,6-9,12H,3-5,10-11,13H2. The first-order valence-electron chi connectivity index (χ1n) is 8.08. The molecule has 0 radical (unpaired) electrons. The highest BCUT2D eigenvalue weighted by Crippen LogP contribution is 2.34. The van der Waals surface area contributed by atoms with Crippen molar-refractivity contribution in [2.75, 3.05) is 23.8 Å². The molecule has 0 unspecified atom stereocenters. The highest BCUT2D eigenvalue weighted by Gasteiger charge is 2.23. The Hall–Kier alpha value is -1.94. The number of anilines is 1. The van der Waals surface area contributed by atoms with Crippen LogP contribution in [0.25, 0.3) is 0 Å². The number of hydrogen-bond acceptors (Lipinski definition) is 3. The molecule has 2 aliphatic rings. The number of carbonyl (C=O) groups is 1. The molecule has 0 saturated carbocycles. The predicted octanol–water partition coefficient (Wildman–Crippen LogP) is 3.69. The third-order valence-corrected chi connectivity index (χ3v) is 5.50. The number of para-hydroxylation sites is 1. The molecule has 2 aromatic carbocycles. The van der Waals surface area contributed by atoms with E-state index in [0.29, 0.717) is 0 Å². The number of carbonyl (C=O) groups excluding carboxylic acids is 1. The summed E-state index contributed by atoms with van der Waals surface area (Å²) in [5, 5.41) is 0. The number of fused-ring (bicyclic) bond motifs is 2. The fraction of sp³-hybridized carbons (Fsp3) is 0.316. The summed E-state index contributed by atoms with van der Waals surface area (Å²) in [7, 11) is 0. The van der Waals surface area contributed by atoms with Crippen molar-refractivity contribution < 1.29 is 9.53 Å². The Kier molecular flexibility index (Phi) is 4.00. The molecule has 1 aliphatic carbocycles. The van der Waals surface area contributed by atoms with Crippen LogP contribution in [0, 0.1) is 0 Å². The topological polar surface area (TPSA) is 29.5 Å².